The quantitative estimate of drug-likeness (QED) is 0.847. The molecule has 0 radical (unpaired) electrons. The molecule has 0 amide bonds. The molecule has 0 aliphatic carbocycles. The van der Waals surface area contributed by atoms with E-state index in [1.165, 1.54) is 11.3 Å². The molecule has 4 heteroatoms. The molecule has 1 saturated heterocycles. The van der Waals surface area contributed by atoms with E-state index in [0.29, 0.717) is 6.54 Å². The van der Waals surface area contributed by atoms with Crippen LogP contribution in [-0.4, -0.2) is 37.7 Å². The van der Waals surface area contributed by atoms with Gasteiger partial charge in [-0.25, -0.2) is 0 Å². The minimum absolute atomic E-state index is 0.0969. The second-order valence-corrected chi connectivity index (χ2v) is 7.17. The Bertz CT molecular complexity index is 515. The van der Waals surface area contributed by atoms with Crippen molar-refractivity contribution in [3.63, 3.8) is 0 Å². The predicted octanol–water partition coefficient (Wildman–Crippen LogP) is 3.18. The lowest BCUT2D eigenvalue weighted by Crippen LogP contribution is -2.31. The zero-order valence-electron chi connectivity index (χ0n) is 15.1. The molecule has 0 unspecified atom stereocenters. The van der Waals surface area contributed by atoms with Crippen LogP contribution in [-0.2, 0) is 9.53 Å². The second-order valence-electron chi connectivity index (χ2n) is 7.17. The van der Waals surface area contributed by atoms with Gasteiger partial charge in [-0.2, -0.15) is 0 Å². The van der Waals surface area contributed by atoms with Crippen molar-refractivity contribution in [1.82, 2.24) is 5.32 Å². The minimum Gasteiger partial charge on any atom is -0.460 e. The number of nitrogens with one attached hydrogen (secondary N) is 1. The lowest BCUT2D eigenvalue weighted by Gasteiger charge is -2.25. The van der Waals surface area contributed by atoms with Gasteiger partial charge in [0.05, 0.1) is 5.92 Å². The normalized spacial score (nSPS) is 21.3. The van der Waals surface area contributed by atoms with Gasteiger partial charge in [-0.05, 0) is 52.3 Å². The number of ether oxygens (including phenoxy) is 1. The van der Waals surface area contributed by atoms with E-state index in [0.717, 1.165) is 19.6 Å². The van der Waals surface area contributed by atoms with E-state index in [2.05, 4.69) is 48.3 Å². The van der Waals surface area contributed by atoms with Crippen LogP contribution in [0, 0.1) is 5.92 Å². The first-order valence-electron chi connectivity index (χ1n) is 8.64. The Balaban J connectivity index is 2.12. The third-order valence-corrected chi connectivity index (χ3v) is 4.37. The van der Waals surface area contributed by atoms with Gasteiger partial charge in [0.25, 0.3) is 0 Å². The molecule has 1 aliphatic rings. The van der Waals surface area contributed by atoms with E-state index in [1.54, 1.807) is 0 Å². The Kier molecular flexibility index (Phi) is 5.69. The molecule has 1 heterocycles. The topological polar surface area (TPSA) is 41.6 Å². The van der Waals surface area contributed by atoms with E-state index < -0.39 is 5.60 Å². The summed E-state index contributed by atoms with van der Waals surface area (Å²) in [5.41, 5.74) is 2.01. The Labute approximate surface area is 140 Å². The van der Waals surface area contributed by atoms with Gasteiger partial charge in [-0.3, -0.25) is 4.79 Å². The van der Waals surface area contributed by atoms with Crippen LogP contribution >= 0.6 is 0 Å². The van der Waals surface area contributed by atoms with Gasteiger partial charge in [0.15, 0.2) is 0 Å². The zero-order valence-corrected chi connectivity index (χ0v) is 15.1. The first kappa shape index (κ1) is 17.8. The molecule has 1 N–H and O–H groups in total. The number of carbonyl (C=O) groups excluding carboxylic acids is 1. The summed E-state index contributed by atoms with van der Waals surface area (Å²) in [4.78, 5) is 14.8. The van der Waals surface area contributed by atoms with Crippen molar-refractivity contribution in [2.75, 3.05) is 31.1 Å². The highest BCUT2D eigenvalue weighted by Crippen LogP contribution is 2.31. The van der Waals surface area contributed by atoms with E-state index in [-0.39, 0.29) is 17.8 Å². The maximum absolute atomic E-state index is 12.4. The summed E-state index contributed by atoms with van der Waals surface area (Å²) in [6, 6.07) is 8.63. The van der Waals surface area contributed by atoms with Crippen molar-refractivity contribution in [3.8, 4) is 0 Å². The molecule has 2 atom stereocenters. The second kappa shape index (κ2) is 7.35. The molecule has 0 aromatic heterocycles. The molecule has 1 fully saturated rings. The molecule has 0 bridgehead atoms. The molecule has 23 heavy (non-hydrogen) atoms. The molecule has 128 valence electrons. The van der Waals surface area contributed by atoms with Crippen LogP contribution in [0.5, 0.6) is 0 Å². The first-order chi connectivity index (χ1) is 10.9. The number of anilines is 1. The van der Waals surface area contributed by atoms with Crippen LogP contribution in [0.3, 0.4) is 0 Å². The SMILES string of the molecule is CCN(CC)c1ccc([C@@H]2CNC[C@H]2C(=O)OC(C)(C)C)cc1. The summed E-state index contributed by atoms with van der Waals surface area (Å²) in [5, 5.41) is 3.34. The summed E-state index contributed by atoms with van der Waals surface area (Å²) in [6.07, 6.45) is 0. The fourth-order valence-electron chi connectivity index (χ4n) is 3.18. The van der Waals surface area contributed by atoms with Crippen LogP contribution < -0.4 is 10.2 Å². The molecule has 0 spiro atoms. The van der Waals surface area contributed by atoms with Crippen molar-refractivity contribution >= 4 is 11.7 Å². The van der Waals surface area contributed by atoms with Gasteiger partial charge in [0.1, 0.15) is 5.60 Å². The standard InChI is InChI=1S/C19H30N2O2/c1-6-21(7-2)15-10-8-14(9-11-15)16-12-20-13-17(16)18(22)23-19(3,4)5/h8-11,16-17,20H,6-7,12-13H2,1-5H3/t16-,17+/m0/s1. The largest absolute Gasteiger partial charge is 0.460 e. The average Bonchev–Trinajstić information content (AvgIpc) is 2.97. The molecular weight excluding hydrogens is 288 g/mol. The average molecular weight is 318 g/mol. The smallest absolute Gasteiger partial charge is 0.311 e. The maximum atomic E-state index is 12.4. The Morgan fingerprint density at radius 1 is 1.17 bits per heavy atom. The van der Waals surface area contributed by atoms with Crippen molar-refractivity contribution in [1.29, 1.82) is 0 Å². The van der Waals surface area contributed by atoms with E-state index >= 15 is 0 Å². The Morgan fingerprint density at radius 2 is 1.78 bits per heavy atom. The van der Waals surface area contributed by atoms with Gasteiger partial charge in [0.2, 0.25) is 0 Å². The number of hydrogen-bond donors (Lipinski definition) is 1. The number of rotatable bonds is 5. The van der Waals surface area contributed by atoms with Gasteiger partial charge >= 0.3 is 5.97 Å². The summed E-state index contributed by atoms with van der Waals surface area (Å²) in [5.74, 6) is -0.00977. The van der Waals surface area contributed by atoms with Crippen LogP contribution in [0.15, 0.2) is 24.3 Å². The third-order valence-electron chi connectivity index (χ3n) is 4.37. The lowest BCUT2D eigenvalue weighted by atomic mass is 9.88. The highest BCUT2D eigenvalue weighted by atomic mass is 16.6. The van der Waals surface area contributed by atoms with Crippen LogP contribution in [0.4, 0.5) is 5.69 Å². The predicted molar refractivity (Wildman–Crippen MR) is 94.9 cm³/mol. The third kappa shape index (κ3) is 4.47. The molecule has 2 rings (SSSR count). The van der Waals surface area contributed by atoms with Crippen molar-refractivity contribution < 1.29 is 9.53 Å². The molecular formula is C19H30N2O2. The van der Waals surface area contributed by atoms with Gasteiger partial charge in [0, 0.05) is 37.8 Å². The van der Waals surface area contributed by atoms with E-state index in [9.17, 15) is 4.79 Å². The first-order valence-corrected chi connectivity index (χ1v) is 8.64. The Morgan fingerprint density at radius 3 is 2.30 bits per heavy atom. The van der Waals surface area contributed by atoms with Crippen molar-refractivity contribution in [3.05, 3.63) is 29.8 Å². The number of benzene rings is 1. The summed E-state index contributed by atoms with van der Waals surface area (Å²) >= 11 is 0. The van der Waals surface area contributed by atoms with Crippen LogP contribution in [0.1, 0.15) is 46.1 Å². The Hall–Kier alpha value is -1.55. The molecule has 1 aromatic rings. The molecule has 0 saturated carbocycles. The maximum Gasteiger partial charge on any atom is 0.311 e. The molecule has 1 aliphatic heterocycles. The van der Waals surface area contributed by atoms with E-state index in [1.807, 2.05) is 20.8 Å². The van der Waals surface area contributed by atoms with Gasteiger partial charge < -0.3 is 15.0 Å². The van der Waals surface area contributed by atoms with Crippen LogP contribution in [0.2, 0.25) is 0 Å². The molecule has 1 aromatic carbocycles. The fraction of sp³-hybridized carbons (Fsp3) is 0.632. The lowest BCUT2D eigenvalue weighted by molar-refractivity contribution is -0.159. The summed E-state index contributed by atoms with van der Waals surface area (Å²) in [7, 11) is 0. The minimum atomic E-state index is -0.434. The highest BCUT2D eigenvalue weighted by Gasteiger charge is 2.36. The number of carbonyl (C=O) groups is 1. The van der Waals surface area contributed by atoms with Gasteiger partial charge in [-0.15, -0.1) is 0 Å². The van der Waals surface area contributed by atoms with Gasteiger partial charge in [-0.1, -0.05) is 12.1 Å². The highest BCUT2D eigenvalue weighted by molar-refractivity contribution is 5.75. The summed E-state index contributed by atoms with van der Waals surface area (Å²) in [6.45, 7) is 13.6. The number of nitrogens with zero attached hydrogens (tertiary/aromatic N) is 1. The van der Waals surface area contributed by atoms with E-state index in [4.69, 9.17) is 4.74 Å². The number of esters is 1. The molecule has 4 nitrogen and oxygen atoms in total. The number of hydrogen-bond acceptors (Lipinski definition) is 4. The zero-order chi connectivity index (χ0) is 17.0. The van der Waals surface area contributed by atoms with Crippen molar-refractivity contribution in [2.24, 2.45) is 5.92 Å². The van der Waals surface area contributed by atoms with Crippen LogP contribution in [0.25, 0.3) is 0 Å². The monoisotopic (exact) mass is 318 g/mol. The fourth-order valence-corrected chi connectivity index (χ4v) is 3.18. The summed E-state index contributed by atoms with van der Waals surface area (Å²) < 4.78 is 5.58. The van der Waals surface area contributed by atoms with Crippen molar-refractivity contribution in [2.45, 2.75) is 46.1 Å².